The van der Waals surface area contributed by atoms with Crippen LogP contribution < -0.4 is 0 Å². The average Bonchev–Trinajstić information content (AvgIpc) is 2.93. The van der Waals surface area contributed by atoms with Gasteiger partial charge in [-0.05, 0) is 23.3 Å². The van der Waals surface area contributed by atoms with Gasteiger partial charge in [0.05, 0.1) is 5.92 Å². The molecule has 1 heterocycles. The summed E-state index contributed by atoms with van der Waals surface area (Å²) in [4.78, 5) is 13.9. The Balaban J connectivity index is 0.00000192. The predicted molar refractivity (Wildman–Crippen MR) is 97.0 cm³/mol. The fourth-order valence-corrected chi connectivity index (χ4v) is 3.42. The van der Waals surface area contributed by atoms with Crippen LogP contribution in [0, 0.1) is 5.92 Å². The van der Waals surface area contributed by atoms with Gasteiger partial charge >= 0.3 is 5.97 Å². The van der Waals surface area contributed by atoms with Crippen molar-refractivity contribution in [2.75, 3.05) is 13.1 Å². The molecule has 122 valence electrons. The molecule has 5 heteroatoms. The number of carboxylic acid groups (broad SMARTS) is 1. The molecule has 1 N–H and O–H groups in total. The van der Waals surface area contributed by atoms with E-state index in [9.17, 15) is 9.90 Å². The monoisotopic (exact) mass is 395 g/mol. The van der Waals surface area contributed by atoms with Crippen LogP contribution in [0.5, 0.6) is 0 Å². The first kappa shape index (κ1) is 18.0. The number of benzene rings is 2. The van der Waals surface area contributed by atoms with E-state index < -0.39 is 5.97 Å². The molecule has 3 rings (SSSR count). The van der Waals surface area contributed by atoms with Gasteiger partial charge in [0.25, 0.3) is 0 Å². The highest BCUT2D eigenvalue weighted by Gasteiger charge is 2.38. The maximum absolute atomic E-state index is 11.6. The lowest BCUT2D eigenvalue weighted by Crippen LogP contribution is -2.23. The van der Waals surface area contributed by atoms with Crippen molar-refractivity contribution in [1.82, 2.24) is 4.90 Å². The minimum absolute atomic E-state index is 0. The Hall–Kier alpha value is -1.36. The standard InChI is InChI=1S/C18H18BrNO2.ClH/c19-15-8-6-14(7-9-15)16-11-20(12-17(16)18(21)22)10-13-4-2-1-3-5-13;/h1-9,16-17H,10-12H2,(H,21,22);1H. The minimum atomic E-state index is -0.705. The highest BCUT2D eigenvalue weighted by molar-refractivity contribution is 9.10. The van der Waals surface area contributed by atoms with Crippen LogP contribution in [-0.2, 0) is 11.3 Å². The summed E-state index contributed by atoms with van der Waals surface area (Å²) in [5.41, 5.74) is 2.33. The van der Waals surface area contributed by atoms with Crippen LogP contribution in [0.2, 0.25) is 0 Å². The van der Waals surface area contributed by atoms with Crippen molar-refractivity contribution in [3.8, 4) is 0 Å². The first-order valence-electron chi connectivity index (χ1n) is 7.38. The number of carboxylic acids is 1. The van der Waals surface area contributed by atoms with Crippen molar-refractivity contribution in [3.63, 3.8) is 0 Å². The first-order chi connectivity index (χ1) is 10.6. The molecular formula is C18H19BrClNO2. The van der Waals surface area contributed by atoms with E-state index in [1.165, 1.54) is 5.56 Å². The Labute approximate surface area is 150 Å². The molecule has 0 saturated carbocycles. The van der Waals surface area contributed by atoms with Crippen molar-refractivity contribution in [1.29, 1.82) is 0 Å². The van der Waals surface area contributed by atoms with Gasteiger partial charge < -0.3 is 5.11 Å². The van der Waals surface area contributed by atoms with E-state index in [1.54, 1.807) is 0 Å². The Morgan fingerprint density at radius 1 is 1.09 bits per heavy atom. The molecule has 0 bridgehead atoms. The SMILES string of the molecule is Cl.O=C(O)C1CN(Cc2ccccc2)CC1c1ccc(Br)cc1. The number of carbonyl (C=O) groups is 1. The second kappa shape index (κ2) is 7.95. The molecule has 1 fully saturated rings. The third-order valence-electron chi connectivity index (χ3n) is 4.26. The van der Waals surface area contributed by atoms with E-state index in [2.05, 4.69) is 33.0 Å². The Bertz CT molecular complexity index is 648. The van der Waals surface area contributed by atoms with Gasteiger partial charge in [0.15, 0.2) is 0 Å². The van der Waals surface area contributed by atoms with Crippen LogP contribution in [0.25, 0.3) is 0 Å². The Morgan fingerprint density at radius 3 is 2.35 bits per heavy atom. The second-order valence-corrected chi connectivity index (χ2v) is 6.70. The summed E-state index contributed by atoms with van der Waals surface area (Å²) >= 11 is 3.43. The molecule has 2 aromatic rings. The van der Waals surface area contributed by atoms with Crippen molar-refractivity contribution >= 4 is 34.3 Å². The fourth-order valence-electron chi connectivity index (χ4n) is 3.15. The van der Waals surface area contributed by atoms with Crippen molar-refractivity contribution in [2.45, 2.75) is 12.5 Å². The third-order valence-corrected chi connectivity index (χ3v) is 4.79. The lowest BCUT2D eigenvalue weighted by atomic mass is 9.89. The van der Waals surface area contributed by atoms with Crippen LogP contribution in [0.15, 0.2) is 59.1 Å². The van der Waals surface area contributed by atoms with E-state index in [4.69, 9.17) is 0 Å². The number of hydrogen-bond acceptors (Lipinski definition) is 2. The van der Waals surface area contributed by atoms with E-state index in [1.807, 2.05) is 42.5 Å². The molecule has 2 aromatic carbocycles. The highest BCUT2D eigenvalue weighted by Crippen LogP contribution is 2.34. The van der Waals surface area contributed by atoms with Gasteiger partial charge in [0.1, 0.15) is 0 Å². The summed E-state index contributed by atoms with van der Waals surface area (Å²) in [6, 6.07) is 18.2. The smallest absolute Gasteiger partial charge is 0.308 e. The van der Waals surface area contributed by atoms with E-state index in [0.717, 1.165) is 23.1 Å². The summed E-state index contributed by atoms with van der Waals surface area (Å²) in [5, 5.41) is 9.55. The van der Waals surface area contributed by atoms with Gasteiger partial charge in [-0.1, -0.05) is 58.4 Å². The molecule has 1 aliphatic rings. The topological polar surface area (TPSA) is 40.5 Å². The molecule has 0 aliphatic carbocycles. The molecule has 2 atom stereocenters. The number of rotatable bonds is 4. The molecule has 1 saturated heterocycles. The number of hydrogen-bond donors (Lipinski definition) is 1. The van der Waals surface area contributed by atoms with Gasteiger partial charge in [0.2, 0.25) is 0 Å². The predicted octanol–water partition coefficient (Wildman–Crippen LogP) is 4.17. The van der Waals surface area contributed by atoms with Crippen LogP contribution in [0.4, 0.5) is 0 Å². The zero-order chi connectivity index (χ0) is 15.5. The molecule has 0 amide bonds. The zero-order valence-corrected chi connectivity index (χ0v) is 15.0. The van der Waals surface area contributed by atoms with Crippen LogP contribution in [0.1, 0.15) is 17.0 Å². The molecule has 3 nitrogen and oxygen atoms in total. The quantitative estimate of drug-likeness (QED) is 0.843. The molecule has 2 unspecified atom stereocenters. The molecule has 0 radical (unpaired) electrons. The van der Waals surface area contributed by atoms with Crippen molar-refractivity contribution in [3.05, 3.63) is 70.2 Å². The highest BCUT2D eigenvalue weighted by atomic mass is 79.9. The average molecular weight is 397 g/mol. The largest absolute Gasteiger partial charge is 0.481 e. The minimum Gasteiger partial charge on any atom is -0.481 e. The number of aliphatic carboxylic acids is 1. The third kappa shape index (κ3) is 4.34. The van der Waals surface area contributed by atoms with Gasteiger partial charge in [-0.2, -0.15) is 0 Å². The Kier molecular flexibility index (Phi) is 6.22. The number of nitrogens with zero attached hydrogens (tertiary/aromatic N) is 1. The van der Waals surface area contributed by atoms with E-state index >= 15 is 0 Å². The van der Waals surface area contributed by atoms with Gasteiger partial charge in [-0.15, -0.1) is 12.4 Å². The van der Waals surface area contributed by atoms with Crippen molar-refractivity contribution < 1.29 is 9.90 Å². The summed E-state index contributed by atoms with van der Waals surface area (Å²) in [7, 11) is 0. The molecule has 0 spiro atoms. The zero-order valence-electron chi connectivity index (χ0n) is 12.6. The Morgan fingerprint density at radius 2 is 1.74 bits per heavy atom. The van der Waals surface area contributed by atoms with Crippen LogP contribution in [-0.4, -0.2) is 29.1 Å². The van der Waals surface area contributed by atoms with Gasteiger partial charge in [0, 0.05) is 30.0 Å². The molecule has 0 aromatic heterocycles. The molecular weight excluding hydrogens is 378 g/mol. The second-order valence-electron chi connectivity index (χ2n) is 5.78. The lowest BCUT2D eigenvalue weighted by Gasteiger charge is -2.16. The summed E-state index contributed by atoms with van der Waals surface area (Å²) in [6.45, 7) is 2.19. The first-order valence-corrected chi connectivity index (χ1v) is 8.17. The molecule has 1 aliphatic heterocycles. The summed E-state index contributed by atoms with van der Waals surface area (Å²) < 4.78 is 1.02. The van der Waals surface area contributed by atoms with Crippen molar-refractivity contribution in [2.24, 2.45) is 5.92 Å². The van der Waals surface area contributed by atoms with E-state index in [-0.39, 0.29) is 24.2 Å². The van der Waals surface area contributed by atoms with Gasteiger partial charge in [-0.25, -0.2) is 0 Å². The fraction of sp³-hybridized carbons (Fsp3) is 0.278. The molecule has 23 heavy (non-hydrogen) atoms. The number of likely N-dealkylation sites (tertiary alicyclic amines) is 1. The van der Waals surface area contributed by atoms with E-state index in [0.29, 0.717) is 6.54 Å². The number of halogens is 2. The van der Waals surface area contributed by atoms with Crippen LogP contribution in [0.3, 0.4) is 0 Å². The normalized spacial score (nSPS) is 20.9. The van der Waals surface area contributed by atoms with Gasteiger partial charge in [-0.3, -0.25) is 9.69 Å². The maximum atomic E-state index is 11.6. The lowest BCUT2D eigenvalue weighted by molar-refractivity contribution is -0.141. The maximum Gasteiger partial charge on any atom is 0.308 e. The summed E-state index contributed by atoms with van der Waals surface area (Å²) in [6.07, 6.45) is 0. The summed E-state index contributed by atoms with van der Waals surface area (Å²) in [5.74, 6) is -0.998. The van der Waals surface area contributed by atoms with Crippen LogP contribution >= 0.6 is 28.3 Å².